The molecule has 3 aromatic rings. The van der Waals surface area contributed by atoms with Crippen LogP contribution in [0.4, 0.5) is 21.7 Å². The van der Waals surface area contributed by atoms with Crippen molar-refractivity contribution in [2.75, 3.05) is 35.6 Å². The summed E-state index contributed by atoms with van der Waals surface area (Å²) >= 11 is 0. The predicted molar refractivity (Wildman–Crippen MR) is 122 cm³/mol. The summed E-state index contributed by atoms with van der Waals surface area (Å²) in [7, 11) is 0. The number of nitrogens with one attached hydrogen (secondary N) is 2. The van der Waals surface area contributed by atoms with Crippen molar-refractivity contribution in [2.24, 2.45) is 5.92 Å². The lowest BCUT2D eigenvalue weighted by Gasteiger charge is -2.26. The smallest absolute Gasteiger partial charge is 0.256 e. The van der Waals surface area contributed by atoms with Crippen molar-refractivity contribution < 1.29 is 13.9 Å². The molecule has 5 heterocycles. The van der Waals surface area contributed by atoms with Crippen molar-refractivity contribution >= 4 is 28.9 Å². The van der Waals surface area contributed by atoms with Gasteiger partial charge in [0.2, 0.25) is 5.88 Å². The molecule has 33 heavy (non-hydrogen) atoms. The van der Waals surface area contributed by atoms with Gasteiger partial charge in [-0.05, 0) is 32.3 Å². The van der Waals surface area contributed by atoms with Crippen molar-refractivity contribution in [1.29, 1.82) is 0 Å². The first kappa shape index (κ1) is 21.2. The van der Waals surface area contributed by atoms with Crippen LogP contribution in [0.25, 0.3) is 5.65 Å². The first-order valence-electron chi connectivity index (χ1n) is 11.1. The lowest BCUT2D eigenvalue weighted by molar-refractivity contribution is 0.0932. The zero-order valence-corrected chi connectivity index (χ0v) is 18.8. The van der Waals surface area contributed by atoms with E-state index in [0.29, 0.717) is 45.9 Å². The molecular weight excluding hydrogens is 427 g/mol. The third kappa shape index (κ3) is 3.77. The van der Waals surface area contributed by atoms with Gasteiger partial charge < -0.3 is 26.0 Å². The Labute approximate surface area is 190 Å². The van der Waals surface area contributed by atoms with Crippen molar-refractivity contribution in [3.63, 3.8) is 0 Å². The molecule has 0 spiro atoms. The van der Waals surface area contributed by atoms with E-state index >= 15 is 0 Å². The van der Waals surface area contributed by atoms with Crippen molar-refractivity contribution in [3.8, 4) is 5.88 Å². The molecule has 0 aliphatic carbocycles. The summed E-state index contributed by atoms with van der Waals surface area (Å²) < 4.78 is 21.6. The fourth-order valence-electron chi connectivity index (χ4n) is 4.41. The van der Waals surface area contributed by atoms with Crippen LogP contribution < -0.4 is 26.0 Å². The topological polar surface area (TPSA) is 123 Å². The minimum absolute atomic E-state index is 0.225. The summed E-state index contributed by atoms with van der Waals surface area (Å²) in [5, 5.41) is 10.6. The van der Waals surface area contributed by atoms with Gasteiger partial charge in [-0.25, -0.2) is 14.4 Å². The second kappa shape index (κ2) is 8.05. The molecular formula is C22H27FN8O2. The maximum atomic E-state index is 14.1. The summed E-state index contributed by atoms with van der Waals surface area (Å²) in [6.45, 7) is 7.75. The van der Waals surface area contributed by atoms with E-state index in [0.717, 1.165) is 25.7 Å². The SMILES string of the molecule is CC1CCN(c2c3nc4c(cnn4c2N)C(=O)NCC(C)Oc2ncc(F)cc2C(C)N3)C1. The first-order chi connectivity index (χ1) is 15.8. The van der Waals surface area contributed by atoms with Gasteiger partial charge in [-0.2, -0.15) is 9.61 Å². The molecule has 2 aliphatic heterocycles. The number of anilines is 3. The third-order valence-electron chi connectivity index (χ3n) is 6.17. The fourth-order valence-corrected chi connectivity index (χ4v) is 4.41. The molecule has 0 radical (unpaired) electrons. The van der Waals surface area contributed by atoms with E-state index in [2.05, 4.69) is 32.5 Å². The molecule has 5 rings (SSSR count). The zero-order valence-electron chi connectivity index (χ0n) is 18.8. The molecule has 2 bridgehead atoms. The fraction of sp³-hybridized carbons (Fsp3) is 0.455. The Bertz CT molecular complexity index is 1230. The highest BCUT2D eigenvalue weighted by molar-refractivity contribution is 6.00. The number of nitrogen functional groups attached to an aromatic ring is 1. The molecule has 0 saturated carbocycles. The van der Waals surface area contributed by atoms with Crippen LogP contribution >= 0.6 is 0 Å². The Kier molecular flexibility index (Phi) is 5.18. The highest BCUT2D eigenvalue weighted by atomic mass is 19.1. The average molecular weight is 455 g/mol. The Morgan fingerprint density at radius 1 is 1.27 bits per heavy atom. The number of hydrogen-bond donors (Lipinski definition) is 3. The lowest BCUT2D eigenvalue weighted by atomic mass is 10.1. The normalized spacial score (nSPS) is 23.2. The van der Waals surface area contributed by atoms with Gasteiger partial charge in [-0.15, -0.1) is 0 Å². The van der Waals surface area contributed by atoms with Crippen molar-refractivity contribution in [1.82, 2.24) is 24.9 Å². The Balaban J connectivity index is 1.69. The highest BCUT2D eigenvalue weighted by Crippen LogP contribution is 2.38. The van der Waals surface area contributed by atoms with Gasteiger partial charge in [0.25, 0.3) is 5.91 Å². The van der Waals surface area contributed by atoms with E-state index < -0.39 is 18.0 Å². The van der Waals surface area contributed by atoms with E-state index in [1.54, 1.807) is 0 Å². The van der Waals surface area contributed by atoms with E-state index in [9.17, 15) is 9.18 Å². The monoisotopic (exact) mass is 454 g/mol. The molecule has 174 valence electrons. The number of carbonyl (C=O) groups is 1. The van der Waals surface area contributed by atoms with Crippen molar-refractivity contribution in [2.45, 2.75) is 39.3 Å². The molecule has 1 fully saturated rings. The maximum absolute atomic E-state index is 14.1. The lowest BCUT2D eigenvalue weighted by Crippen LogP contribution is -2.34. The number of ether oxygens (including phenoxy) is 1. The molecule has 10 nitrogen and oxygen atoms in total. The summed E-state index contributed by atoms with van der Waals surface area (Å²) in [5.74, 6) is 0.892. The molecule has 1 saturated heterocycles. The summed E-state index contributed by atoms with van der Waals surface area (Å²) in [6.07, 6.45) is 3.22. The number of amides is 1. The number of fused-ring (bicyclic) bond motifs is 2. The standard InChI is InChI=1S/C22H27FN8O2/c1-11-4-5-30(10-11)17-18(24)31-20-16(9-27-31)21(32)25-7-12(2)33-22-15(6-14(23)8-26-22)13(3)28-19(17)29-20/h6,8-9,11-13H,4-5,7,10,24H2,1-3H3,(H,25,32)(H,28,29). The molecule has 3 aromatic heterocycles. The Hall–Kier alpha value is -3.63. The van der Waals surface area contributed by atoms with E-state index in [-0.39, 0.29) is 12.5 Å². The van der Waals surface area contributed by atoms with Crippen LogP contribution in [0.15, 0.2) is 18.5 Å². The largest absolute Gasteiger partial charge is 0.473 e. The van der Waals surface area contributed by atoms with Crippen LogP contribution in [0.3, 0.4) is 0 Å². The molecule has 0 aromatic carbocycles. The van der Waals surface area contributed by atoms with Crippen LogP contribution in [-0.4, -0.2) is 51.2 Å². The number of carbonyl (C=O) groups excluding carboxylic acids is 1. The average Bonchev–Trinajstić information content (AvgIpc) is 3.39. The number of halogens is 1. The minimum Gasteiger partial charge on any atom is -0.473 e. The number of aromatic nitrogens is 4. The predicted octanol–water partition coefficient (Wildman–Crippen LogP) is 2.38. The first-order valence-corrected chi connectivity index (χ1v) is 11.1. The van der Waals surface area contributed by atoms with Crippen LogP contribution in [-0.2, 0) is 0 Å². The second-order valence-corrected chi connectivity index (χ2v) is 8.88. The number of pyridine rings is 1. The quantitative estimate of drug-likeness (QED) is 0.512. The maximum Gasteiger partial charge on any atom is 0.256 e. The molecule has 11 heteroatoms. The second-order valence-electron chi connectivity index (χ2n) is 8.88. The molecule has 4 N–H and O–H groups in total. The molecule has 3 atom stereocenters. The Morgan fingerprint density at radius 3 is 2.85 bits per heavy atom. The van der Waals surface area contributed by atoms with Gasteiger partial charge in [0.15, 0.2) is 17.3 Å². The van der Waals surface area contributed by atoms with Gasteiger partial charge in [0.05, 0.1) is 25.0 Å². The van der Waals surface area contributed by atoms with Crippen LogP contribution in [0, 0.1) is 11.7 Å². The Morgan fingerprint density at radius 2 is 2.09 bits per heavy atom. The minimum atomic E-state index is -0.467. The molecule has 2 aliphatic rings. The van der Waals surface area contributed by atoms with Crippen LogP contribution in [0.2, 0.25) is 0 Å². The number of nitrogens with two attached hydrogens (primary N) is 1. The van der Waals surface area contributed by atoms with Crippen LogP contribution in [0.1, 0.15) is 49.2 Å². The van der Waals surface area contributed by atoms with Crippen LogP contribution in [0.5, 0.6) is 5.88 Å². The van der Waals surface area contributed by atoms with E-state index in [1.165, 1.54) is 16.8 Å². The number of nitrogens with zero attached hydrogens (tertiary/aromatic N) is 5. The number of rotatable bonds is 1. The van der Waals surface area contributed by atoms with Gasteiger partial charge in [-0.3, -0.25) is 4.79 Å². The molecule has 1 amide bonds. The summed E-state index contributed by atoms with van der Waals surface area (Å²) in [6, 6.07) is 0.994. The van der Waals surface area contributed by atoms with Gasteiger partial charge >= 0.3 is 0 Å². The highest BCUT2D eigenvalue weighted by Gasteiger charge is 2.29. The van der Waals surface area contributed by atoms with E-state index in [4.69, 9.17) is 15.5 Å². The third-order valence-corrected chi connectivity index (χ3v) is 6.17. The zero-order chi connectivity index (χ0) is 23.3. The van der Waals surface area contributed by atoms with Crippen molar-refractivity contribution in [3.05, 3.63) is 35.4 Å². The van der Waals surface area contributed by atoms with E-state index in [1.807, 2.05) is 13.8 Å². The summed E-state index contributed by atoms with van der Waals surface area (Å²) in [4.78, 5) is 24.0. The molecule has 3 unspecified atom stereocenters. The van der Waals surface area contributed by atoms with Gasteiger partial charge in [0, 0.05) is 18.7 Å². The van der Waals surface area contributed by atoms with Gasteiger partial charge in [0.1, 0.15) is 23.2 Å². The number of hydrogen-bond acceptors (Lipinski definition) is 8. The van der Waals surface area contributed by atoms with Gasteiger partial charge in [-0.1, -0.05) is 6.92 Å². The summed E-state index contributed by atoms with van der Waals surface area (Å²) in [5.41, 5.74) is 8.50.